The van der Waals surface area contributed by atoms with Crippen molar-refractivity contribution in [3.63, 3.8) is 0 Å². The van der Waals surface area contributed by atoms with Crippen LogP contribution in [0.15, 0.2) is 60.7 Å². The van der Waals surface area contributed by atoms with Crippen LogP contribution >= 0.6 is 11.6 Å². The lowest BCUT2D eigenvalue weighted by molar-refractivity contribution is -0.119. The van der Waals surface area contributed by atoms with Crippen LogP contribution in [0, 0.1) is 12.7 Å². The topological polar surface area (TPSA) is 67.9 Å². The summed E-state index contributed by atoms with van der Waals surface area (Å²) in [6.07, 6.45) is 0. The number of carbonyl (C=O) groups excluding carboxylic acids is 2. The zero-order valence-electron chi connectivity index (χ0n) is 19.7. The van der Waals surface area contributed by atoms with Gasteiger partial charge in [-0.2, -0.15) is 0 Å². The van der Waals surface area contributed by atoms with Gasteiger partial charge < -0.3 is 19.7 Å². The molecule has 0 saturated heterocycles. The summed E-state index contributed by atoms with van der Waals surface area (Å²) in [5.41, 5.74) is 2.93. The Morgan fingerprint density at radius 1 is 1.11 bits per heavy atom. The normalized spacial score (nSPS) is 17.2. The second-order valence-electron chi connectivity index (χ2n) is 8.34. The minimum absolute atomic E-state index is 0.212. The number of methoxy groups -OCH3 is 2. The summed E-state index contributed by atoms with van der Waals surface area (Å²) >= 11 is 6.24. The Morgan fingerprint density at radius 2 is 1.83 bits per heavy atom. The molecule has 0 saturated carbocycles. The van der Waals surface area contributed by atoms with Crippen molar-refractivity contribution in [2.45, 2.75) is 18.9 Å². The molecule has 6 nitrogen and oxygen atoms in total. The monoisotopic (exact) mass is 496 g/mol. The molecule has 0 aliphatic carbocycles. The first-order chi connectivity index (χ1) is 16.8. The van der Waals surface area contributed by atoms with Gasteiger partial charge in [-0.15, -0.1) is 0 Å². The average Bonchev–Trinajstić information content (AvgIpc) is 2.86. The van der Waals surface area contributed by atoms with Crippen molar-refractivity contribution >= 4 is 29.1 Å². The molecule has 0 bridgehead atoms. The van der Waals surface area contributed by atoms with Crippen LogP contribution in [0.2, 0.25) is 5.02 Å². The number of rotatable bonds is 7. The molecule has 1 heterocycles. The summed E-state index contributed by atoms with van der Waals surface area (Å²) in [7, 11) is 3.05. The number of halogens is 2. The van der Waals surface area contributed by atoms with E-state index >= 15 is 0 Å². The molecule has 0 spiro atoms. The van der Waals surface area contributed by atoms with Gasteiger partial charge in [0.15, 0.2) is 0 Å². The Hall–Kier alpha value is -3.42. The second kappa shape index (κ2) is 10.5. The molecule has 3 aromatic rings. The molecule has 0 aromatic heterocycles. The summed E-state index contributed by atoms with van der Waals surface area (Å²) in [6.45, 7) is 2.38. The molecule has 0 fully saturated rings. The van der Waals surface area contributed by atoms with Gasteiger partial charge in [-0.3, -0.25) is 9.59 Å². The highest BCUT2D eigenvalue weighted by molar-refractivity contribution is 6.31. The Balaban J connectivity index is 1.84. The van der Waals surface area contributed by atoms with Crippen LogP contribution in [-0.2, 0) is 9.53 Å². The fourth-order valence-corrected chi connectivity index (χ4v) is 4.64. The number of ether oxygens (including phenoxy) is 2. The number of hydrogen-bond acceptors (Lipinski definition) is 4. The number of carbonyl (C=O) groups is 2. The molecule has 4 rings (SSSR count). The van der Waals surface area contributed by atoms with Crippen molar-refractivity contribution in [3.05, 3.63) is 93.8 Å². The molecular weight excluding hydrogens is 471 g/mol. The number of amides is 2. The van der Waals surface area contributed by atoms with Crippen LogP contribution in [0.1, 0.15) is 39.0 Å². The SMILES string of the molecule is COCCN1C(=O)c2ccccc2[C@H](C(=O)Nc2cc(C)c(Cl)cc2OC)[C@@H]1c1ccc(F)cc1. The Labute approximate surface area is 208 Å². The maximum atomic E-state index is 13.9. The molecule has 1 N–H and O–H groups in total. The number of hydrogen-bond donors (Lipinski definition) is 1. The number of nitrogens with one attached hydrogen (secondary N) is 1. The van der Waals surface area contributed by atoms with Crippen LogP contribution in [0.3, 0.4) is 0 Å². The van der Waals surface area contributed by atoms with Gasteiger partial charge in [-0.05, 0) is 47.9 Å². The van der Waals surface area contributed by atoms with Gasteiger partial charge in [0.05, 0.1) is 31.4 Å². The average molecular weight is 497 g/mol. The lowest BCUT2D eigenvalue weighted by atomic mass is 9.79. The van der Waals surface area contributed by atoms with Gasteiger partial charge in [0, 0.05) is 30.3 Å². The molecule has 2 amide bonds. The van der Waals surface area contributed by atoms with Gasteiger partial charge in [0.1, 0.15) is 11.6 Å². The van der Waals surface area contributed by atoms with Crippen LogP contribution in [0.25, 0.3) is 0 Å². The molecular formula is C27H26ClFN2O4. The third-order valence-electron chi connectivity index (χ3n) is 6.21. The number of benzene rings is 3. The van der Waals surface area contributed by atoms with Crippen molar-refractivity contribution in [2.24, 2.45) is 0 Å². The zero-order chi connectivity index (χ0) is 25.1. The summed E-state index contributed by atoms with van der Waals surface area (Å²) < 4.78 is 24.4. The van der Waals surface area contributed by atoms with Crippen molar-refractivity contribution in [2.75, 3.05) is 32.7 Å². The van der Waals surface area contributed by atoms with E-state index in [4.69, 9.17) is 21.1 Å². The zero-order valence-corrected chi connectivity index (χ0v) is 20.4. The summed E-state index contributed by atoms with van der Waals surface area (Å²) in [5, 5.41) is 3.49. The second-order valence-corrected chi connectivity index (χ2v) is 8.75. The lowest BCUT2D eigenvalue weighted by Crippen LogP contribution is -2.47. The maximum absolute atomic E-state index is 13.9. The summed E-state index contributed by atoms with van der Waals surface area (Å²) in [5.74, 6) is -1.30. The van der Waals surface area contributed by atoms with Crippen molar-refractivity contribution < 1.29 is 23.5 Å². The van der Waals surface area contributed by atoms with E-state index in [0.717, 1.165) is 5.56 Å². The van der Waals surface area contributed by atoms with Crippen LogP contribution in [0.5, 0.6) is 5.75 Å². The fourth-order valence-electron chi connectivity index (χ4n) is 4.48. The van der Waals surface area contributed by atoms with Gasteiger partial charge in [0.2, 0.25) is 5.91 Å². The molecule has 0 unspecified atom stereocenters. The smallest absolute Gasteiger partial charge is 0.254 e. The van der Waals surface area contributed by atoms with Crippen LogP contribution < -0.4 is 10.1 Å². The molecule has 0 radical (unpaired) electrons. The summed E-state index contributed by atoms with van der Waals surface area (Å²) in [4.78, 5) is 29.1. The Morgan fingerprint density at radius 3 is 2.51 bits per heavy atom. The van der Waals surface area contributed by atoms with E-state index in [-0.39, 0.29) is 25.0 Å². The predicted molar refractivity (Wildman–Crippen MR) is 133 cm³/mol. The summed E-state index contributed by atoms with van der Waals surface area (Å²) in [6, 6.07) is 15.6. The lowest BCUT2D eigenvalue weighted by Gasteiger charge is -2.41. The molecule has 1 aliphatic heterocycles. The Kier molecular flexibility index (Phi) is 7.38. The quantitative estimate of drug-likeness (QED) is 0.478. The molecule has 182 valence electrons. The van der Waals surface area contributed by atoms with E-state index < -0.39 is 17.8 Å². The highest BCUT2D eigenvalue weighted by Gasteiger charge is 2.44. The third kappa shape index (κ3) is 4.88. The first-order valence-corrected chi connectivity index (χ1v) is 11.5. The third-order valence-corrected chi connectivity index (χ3v) is 6.61. The molecule has 35 heavy (non-hydrogen) atoms. The predicted octanol–water partition coefficient (Wildman–Crippen LogP) is 5.36. The van der Waals surface area contributed by atoms with Gasteiger partial charge in [-0.1, -0.05) is 41.9 Å². The Bertz CT molecular complexity index is 1250. The van der Waals surface area contributed by atoms with E-state index in [1.54, 1.807) is 60.5 Å². The van der Waals surface area contributed by atoms with E-state index in [9.17, 15) is 14.0 Å². The first-order valence-electron chi connectivity index (χ1n) is 11.1. The van der Waals surface area contributed by atoms with E-state index in [0.29, 0.717) is 33.1 Å². The number of aryl methyl sites for hydroxylation is 1. The minimum Gasteiger partial charge on any atom is -0.495 e. The van der Waals surface area contributed by atoms with Crippen molar-refractivity contribution in [1.29, 1.82) is 0 Å². The van der Waals surface area contributed by atoms with Gasteiger partial charge >= 0.3 is 0 Å². The minimum atomic E-state index is -0.771. The van der Waals surface area contributed by atoms with Gasteiger partial charge in [-0.25, -0.2) is 4.39 Å². The first kappa shape index (κ1) is 24.7. The van der Waals surface area contributed by atoms with E-state index in [1.807, 2.05) is 6.92 Å². The number of fused-ring (bicyclic) bond motifs is 1. The molecule has 3 aromatic carbocycles. The maximum Gasteiger partial charge on any atom is 0.254 e. The molecule has 1 aliphatic rings. The van der Waals surface area contributed by atoms with Gasteiger partial charge in [0.25, 0.3) is 5.91 Å². The van der Waals surface area contributed by atoms with E-state index in [1.165, 1.54) is 19.2 Å². The number of anilines is 1. The van der Waals surface area contributed by atoms with E-state index in [2.05, 4.69) is 5.32 Å². The van der Waals surface area contributed by atoms with Crippen molar-refractivity contribution in [1.82, 2.24) is 4.90 Å². The van der Waals surface area contributed by atoms with Crippen LogP contribution in [-0.4, -0.2) is 44.1 Å². The largest absolute Gasteiger partial charge is 0.495 e. The number of nitrogens with zero attached hydrogens (tertiary/aromatic N) is 1. The standard InChI is InChI=1S/C27H26ClFN2O4/c1-16-14-22(23(35-3)15-21(16)28)30-26(32)24-19-6-4-5-7-20(19)27(33)31(12-13-34-2)25(24)17-8-10-18(29)11-9-17/h4-11,14-15,24-25H,12-13H2,1-3H3,(H,30,32)/t24-,25-/m0/s1. The van der Waals surface area contributed by atoms with Crippen molar-refractivity contribution in [3.8, 4) is 5.75 Å². The highest BCUT2D eigenvalue weighted by Crippen LogP contribution is 2.44. The highest BCUT2D eigenvalue weighted by atomic mass is 35.5. The fraction of sp³-hybridized carbons (Fsp3) is 0.259. The van der Waals surface area contributed by atoms with Crippen LogP contribution in [0.4, 0.5) is 10.1 Å². The molecule has 8 heteroatoms. The molecule has 2 atom stereocenters.